The number of rotatable bonds is 2. The third-order valence-corrected chi connectivity index (χ3v) is 3.91. The number of aromatic amines is 1. The lowest BCUT2D eigenvalue weighted by atomic mass is 10.1. The zero-order valence-electron chi connectivity index (χ0n) is 11.6. The van der Waals surface area contributed by atoms with Crippen LogP contribution in [-0.2, 0) is 4.74 Å². The molecule has 1 aromatic heterocycles. The molecule has 1 N–H and O–H groups in total. The van der Waals surface area contributed by atoms with E-state index in [2.05, 4.69) is 15.1 Å². The largest absolute Gasteiger partial charge is 0.367 e. The number of hydrogen-bond donors (Lipinski definition) is 1. The van der Waals surface area contributed by atoms with E-state index in [0.717, 1.165) is 5.56 Å². The van der Waals surface area contributed by atoms with Crippen molar-refractivity contribution in [3.05, 3.63) is 57.5 Å². The lowest BCUT2D eigenvalue weighted by Gasteiger charge is -2.38. The SMILES string of the molecule is C[C@@H]1CN(c2cn[nH]c(=O)c2Cl)C[C@H](c2ccccc2)O1. The highest BCUT2D eigenvalue weighted by Gasteiger charge is 2.28. The van der Waals surface area contributed by atoms with Gasteiger partial charge in [-0.15, -0.1) is 0 Å². The molecule has 1 aliphatic heterocycles. The minimum atomic E-state index is -0.371. The van der Waals surface area contributed by atoms with Gasteiger partial charge in [0.15, 0.2) is 0 Å². The molecule has 3 rings (SSSR count). The van der Waals surface area contributed by atoms with Crippen molar-refractivity contribution in [2.75, 3.05) is 18.0 Å². The first-order valence-corrected chi connectivity index (χ1v) is 7.21. The highest BCUT2D eigenvalue weighted by atomic mass is 35.5. The Hall–Kier alpha value is -1.85. The maximum Gasteiger partial charge on any atom is 0.285 e. The molecule has 21 heavy (non-hydrogen) atoms. The molecule has 2 heterocycles. The molecule has 1 aliphatic rings. The molecule has 0 unspecified atom stereocenters. The van der Waals surface area contributed by atoms with Crippen molar-refractivity contribution in [3.63, 3.8) is 0 Å². The number of aromatic nitrogens is 2. The lowest BCUT2D eigenvalue weighted by molar-refractivity contribution is -0.0173. The Bertz CT molecular complexity index is 674. The first-order chi connectivity index (χ1) is 10.1. The average molecular weight is 306 g/mol. The van der Waals surface area contributed by atoms with Gasteiger partial charge in [0.05, 0.1) is 18.0 Å². The first-order valence-electron chi connectivity index (χ1n) is 6.83. The van der Waals surface area contributed by atoms with E-state index in [1.54, 1.807) is 6.20 Å². The maximum absolute atomic E-state index is 11.6. The van der Waals surface area contributed by atoms with Crippen molar-refractivity contribution < 1.29 is 4.74 Å². The summed E-state index contributed by atoms with van der Waals surface area (Å²) in [6.07, 6.45) is 1.58. The van der Waals surface area contributed by atoms with Crippen LogP contribution in [0.5, 0.6) is 0 Å². The highest BCUT2D eigenvalue weighted by molar-refractivity contribution is 6.33. The van der Waals surface area contributed by atoms with Gasteiger partial charge in [-0.05, 0) is 12.5 Å². The molecular formula is C15H16ClN3O2. The Balaban J connectivity index is 1.90. The van der Waals surface area contributed by atoms with E-state index in [4.69, 9.17) is 16.3 Å². The molecule has 0 aliphatic carbocycles. The fourth-order valence-corrected chi connectivity index (χ4v) is 2.81. The fraction of sp³-hybridized carbons (Fsp3) is 0.333. The normalized spacial score (nSPS) is 22.3. The van der Waals surface area contributed by atoms with Crippen molar-refractivity contribution in [1.82, 2.24) is 10.2 Å². The third kappa shape index (κ3) is 2.94. The van der Waals surface area contributed by atoms with Gasteiger partial charge in [0, 0.05) is 13.1 Å². The van der Waals surface area contributed by atoms with E-state index in [0.29, 0.717) is 18.8 Å². The molecule has 0 saturated carbocycles. The smallest absolute Gasteiger partial charge is 0.285 e. The first kappa shape index (κ1) is 14.1. The maximum atomic E-state index is 11.6. The van der Waals surface area contributed by atoms with Gasteiger partial charge in [-0.2, -0.15) is 5.10 Å². The van der Waals surface area contributed by atoms with E-state index >= 15 is 0 Å². The topological polar surface area (TPSA) is 58.2 Å². The minimum Gasteiger partial charge on any atom is -0.367 e. The van der Waals surface area contributed by atoms with Gasteiger partial charge in [0.2, 0.25) is 0 Å². The number of halogens is 1. The van der Waals surface area contributed by atoms with Crippen LogP contribution in [0, 0.1) is 0 Å². The Kier molecular flexibility index (Phi) is 3.94. The average Bonchev–Trinajstić information content (AvgIpc) is 2.50. The van der Waals surface area contributed by atoms with Crippen molar-refractivity contribution in [3.8, 4) is 0 Å². The van der Waals surface area contributed by atoms with Gasteiger partial charge in [-0.3, -0.25) is 4.79 Å². The van der Waals surface area contributed by atoms with Crippen molar-refractivity contribution in [1.29, 1.82) is 0 Å². The predicted molar refractivity (Wildman–Crippen MR) is 81.8 cm³/mol. The quantitative estimate of drug-likeness (QED) is 0.925. The van der Waals surface area contributed by atoms with Crippen LogP contribution in [0.3, 0.4) is 0 Å². The summed E-state index contributed by atoms with van der Waals surface area (Å²) in [7, 11) is 0. The lowest BCUT2D eigenvalue weighted by Crippen LogP contribution is -2.43. The predicted octanol–water partition coefficient (Wildman–Crippen LogP) is 2.39. The van der Waals surface area contributed by atoms with Gasteiger partial charge in [0.25, 0.3) is 5.56 Å². The van der Waals surface area contributed by atoms with E-state index < -0.39 is 0 Å². The molecule has 2 aromatic rings. The van der Waals surface area contributed by atoms with Gasteiger partial charge >= 0.3 is 0 Å². The second-order valence-corrected chi connectivity index (χ2v) is 5.53. The molecule has 110 valence electrons. The van der Waals surface area contributed by atoms with Crippen LogP contribution >= 0.6 is 11.6 Å². The van der Waals surface area contributed by atoms with Gasteiger partial charge in [-0.1, -0.05) is 41.9 Å². The van der Waals surface area contributed by atoms with E-state index in [-0.39, 0.29) is 22.8 Å². The standard InChI is InChI=1S/C15H16ClN3O2/c1-10-8-19(12-7-17-18-15(20)14(12)16)9-13(21-10)11-5-3-2-4-6-11/h2-7,10,13H,8-9H2,1H3,(H,18,20)/t10-,13-/m1/s1. The molecule has 1 fully saturated rings. The van der Waals surface area contributed by atoms with Gasteiger partial charge in [0.1, 0.15) is 11.1 Å². The summed E-state index contributed by atoms with van der Waals surface area (Å²) in [5.74, 6) is 0. The molecule has 5 nitrogen and oxygen atoms in total. The number of benzene rings is 1. The van der Waals surface area contributed by atoms with Crippen LogP contribution in [0.4, 0.5) is 5.69 Å². The van der Waals surface area contributed by atoms with Crippen LogP contribution in [0.25, 0.3) is 0 Å². The third-order valence-electron chi connectivity index (χ3n) is 3.55. The van der Waals surface area contributed by atoms with Crippen molar-refractivity contribution in [2.45, 2.75) is 19.1 Å². The van der Waals surface area contributed by atoms with Gasteiger partial charge in [-0.25, -0.2) is 5.10 Å². The molecular weight excluding hydrogens is 290 g/mol. The number of hydrogen-bond acceptors (Lipinski definition) is 4. The summed E-state index contributed by atoms with van der Waals surface area (Å²) >= 11 is 6.10. The van der Waals surface area contributed by atoms with Crippen LogP contribution in [0.15, 0.2) is 41.3 Å². The van der Waals surface area contributed by atoms with Crippen LogP contribution in [0.1, 0.15) is 18.6 Å². The van der Waals surface area contributed by atoms with Crippen LogP contribution in [-0.4, -0.2) is 29.4 Å². The molecule has 0 bridgehead atoms. The highest BCUT2D eigenvalue weighted by Crippen LogP contribution is 2.30. The van der Waals surface area contributed by atoms with Crippen molar-refractivity contribution >= 4 is 17.3 Å². The van der Waals surface area contributed by atoms with Crippen LogP contribution < -0.4 is 10.5 Å². The number of anilines is 1. The Morgan fingerprint density at radius 1 is 1.33 bits per heavy atom. The number of nitrogens with zero attached hydrogens (tertiary/aromatic N) is 2. The molecule has 2 atom stereocenters. The number of H-pyrrole nitrogens is 1. The molecule has 0 radical (unpaired) electrons. The summed E-state index contributed by atoms with van der Waals surface area (Å²) in [6.45, 7) is 3.32. The summed E-state index contributed by atoms with van der Waals surface area (Å²) in [4.78, 5) is 13.7. The Morgan fingerprint density at radius 2 is 2.10 bits per heavy atom. The van der Waals surface area contributed by atoms with E-state index in [9.17, 15) is 4.79 Å². The fourth-order valence-electron chi connectivity index (χ4n) is 2.59. The summed E-state index contributed by atoms with van der Waals surface area (Å²) in [6, 6.07) is 10.0. The zero-order chi connectivity index (χ0) is 14.8. The monoisotopic (exact) mass is 305 g/mol. The molecule has 1 aromatic carbocycles. The van der Waals surface area contributed by atoms with Gasteiger partial charge < -0.3 is 9.64 Å². The molecule has 0 spiro atoms. The van der Waals surface area contributed by atoms with E-state index in [1.807, 2.05) is 37.3 Å². The molecule has 1 saturated heterocycles. The summed E-state index contributed by atoms with van der Waals surface area (Å²) in [5, 5.41) is 6.35. The zero-order valence-corrected chi connectivity index (χ0v) is 12.4. The summed E-state index contributed by atoms with van der Waals surface area (Å²) < 4.78 is 6.00. The molecule has 6 heteroatoms. The molecule has 0 amide bonds. The Morgan fingerprint density at radius 3 is 2.86 bits per heavy atom. The second kappa shape index (κ2) is 5.87. The van der Waals surface area contributed by atoms with E-state index in [1.165, 1.54) is 0 Å². The minimum absolute atomic E-state index is 0.0410. The van der Waals surface area contributed by atoms with Crippen LogP contribution in [0.2, 0.25) is 5.02 Å². The Labute approximate surface area is 127 Å². The number of nitrogens with one attached hydrogen (secondary N) is 1. The summed E-state index contributed by atoms with van der Waals surface area (Å²) in [5.41, 5.74) is 1.39. The number of ether oxygens (including phenoxy) is 1. The second-order valence-electron chi connectivity index (χ2n) is 5.15. The van der Waals surface area contributed by atoms with Crippen molar-refractivity contribution in [2.24, 2.45) is 0 Å². The number of morpholine rings is 1.